The normalized spacial score (nSPS) is 13.0. The number of hydrogen-bond donors (Lipinski definition) is 2. The number of nitrogens with one attached hydrogen (secondary N) is 1. The summed E-state index contributed by atoms with van der Waals surface area (Å²) in [6.07, 6.45) is 4.88. The second-order valence-corrected chi connectivity index (χ2v) is 2.92. The summed E-state index contributed by atoms with van der Waals surface area (Å²) in [5, 5.41) is 8.13. The zero-order valence-corrected chi connectivity index (χ0v) is 7.71. The maximum absolute atomic E-state index is 5.44. The van der Waals surface area contributed by atoms with Crippen molar-refractivity contribution in [2.75, 3.05) is 0 Å². The van der Waals surface area contributed by atoms with Gasteiger partial charge in [-0.05, 0) is 6.07 Å². The van der Waals surface area contributed by atoms with Crippen LogP contribution in [0, 0.1) is 0 Å². The van der Waals surface area contributed by atoms with Crippen LogP contribution in [0.5, 0.6) is 0 Å². The lowest BCUT2D eigenvalue weighted by Crippen LogP contribution is -2.28. The van der Waals surface area contributed by atoms with Gasteiger partial charge in [-0.15, -0.1) is 0 Å². The van der Waals surface area contributed by atoms with E-state index in [0.717, 1.165) is 11.3 Å². The molecule has 0 bridgehead atoms. The summed E-state index contributed by atoms with van der Waals surface area (Å²) in [6, 6.07) is 1.65. The SMILES string of the molecule is Cn1ncc(C(NN)c2ccoc2)n1. The maximum Gasteiger partial charge on any atom is 0.106 e. The van der Waals surface area contributed by atoms with Crippen molar-refractivity contribution >= 4 is 0 Å². The number of rotatable bonds is 3. The molecule has 14 heavy (non-hydrogen) atoms. The van der Waals surface area contributed by atoms with E-state index in [1.165, 1.54) is 4.80 Å². The van der Waals surface area contributed by atoms with Gasteiger partial charge in [-0.1, -0.05) is 0 Å². The summed E-state index contributed by atoms with van der Waals surface area (Å²) >= 11 is 0. The van der Waals surface area contributed by atoms with Gasteiger partial charge in [-0.3, -0.25) is 5.84 Å². The van der Waals surface area contributed by atoms with Crippen LogP contribution in [0.4, 0.5) is 0 Å². The molecule has 2 aromatic rings. The van der Waals surface area contributed by atoms with Crippen LogP contribution in [0.1, 0.15) is 17.3 Å². The summed E-state index contributed by atoms with van der Waals surface area (Å²) in [6.45, 7) is 0. The minimum Gasteiger partial charge on any atom is -0.472 e. The molecule has 0 aliphatic rings. The van der Waals surface area contributed by atoms with E-state index in [0.29, 0.717) is 0 Å². The van der Waals surface area contributed by atoms with Crippen LogP contribution < -0.4 is 11.3 Å². The standard InChI is InChI=1S/C8H11N5O/c1-13-10-4-7(12-13)8(11-9)6-2-3-14-5-6/h2-5,8,11H,9H2,1H3. The Hall–Kier alpha value is -1.66. The number of aryl methyl sites for hydroxylation is 1. The van der Waals surface area contributed by atoms with E-state index in [1.54, 1.807) is 25.8 Å². The third-order valence-corrected chi connectivity index (χ3v) is 1.96. The van der Waals surface area contributed by atoms with Crippen molar-refractivity contribution in [3.8, 4) is 0 Å². The summed E-state index contributed by atoms with van der Waals surface area (Å²) in [7, 11) is 1.76. The first kappa shape index (κ1) is 8.92. The zero-order chi connectivity index (χ0) is 9.97. The van der Waals surface area contributed by atoms with Gasteiger partial charge < -0.3 is 4.42 Å². The molecule has 2 aromatic heterocycles. The molecule has 6 nitrogen and oxygen atoms in total. The first-order valence-corrected chi connectivity index (χ1v) is 4.15. The molecule has 2 heterocycles. The minimum atomic E-state index is -0.178. The molecule has 2 rings (SSSR count). The number of hydrogen-bond acceptors (Lipinski definition) is 5. The fraction of sp³-hybridized carbons (Fsp3) is 0.250. The van der Waals surface area contributed by atoms with Crippen LogP contribution in [0.15, 0.2) is 29.2 Å². The average Bonchev–Trinajstić information content (AvgIpc) is 2.79. The van der Waals surface area contributed by atoms with E-state index in [9.17, 15) is 0 Å². The molecule has 0 amide bonds. The quantitative estimate of drug-likeness (QED) is 0.528. The number of aromatic nitrogens is 3. The van der Waals surface area contributed by atoms with Crippen LogP contribution in [-0.2, 0) is 7.05 Å². The highest BCUT2D eigenvalue weighted by atomic mass is 16.3. The molecule has 0 spiro atoms. The molecule has 0 saturated carbocycles. The van der Waals surface area contributed by atoms with Crippen LogP contribution in [-0.4, -0.2) is 15.0 Å². The number of furan rings is 1. The van der Waals surface area contributed by atoms with Crippen molar-refractivity contribution in [1.82, 2.24) is 20.4 Å². The predicted octanol–water partition coefficient (Wildman–Crippen LogP) is -0.0392. The summed E-state index contributed by atoms with van der Waals surface area (Å²) < 4.78 is 4.98. The van der Waals surface area contributed by atoms with Crippen molar-refractivity contribution in [3.63, 3.8) is 0 Å². The molecular weight excluding hydrogens is 182 g/mol. The van der Waals surface area contributed by atoms with E-state index in [1.807, 2.05) is 6.07 Å². The first-order chi connectivity index (χ1) is 6.81. The molecule has 0 fully saturated rings. The summed E-state index contributed by atoms with van der Waals surface area (Å²) in [5.41, 5.74) is 4.34. The van der Waals surface area contributed by atoms with E-state index >= 15 is 0 Å². The molecule has 0 radical (unpaired) electrons. The van der Waals surface area contributed by atoms with E-state index in [4.69, 9.17) is 10.3 Å². The molecular formula is C8H11N5O. The Labute approximate surface area is 80.7 Å². The Morgan fingerprint density at radius 3 is 3.00 bits per heavy atom. The second kappa shape index (κ2) is 3.60. The smallest absolute Gasteiger partial charge is 0.106 e. The predicted molar refractivity (Wildman–Crippen MR) is 48.9 cm³/mol. The van der Waals surface area contributed by atoms with Crippen molar-refractivity contribution in [2.45, 2.75) is 6.04 Å². The lowest BCUT2D eigenvalue weighted by Gasteiger charge is -2.09. The molecule has 0 aromatic carbocycles. The molecule has 1 unspecified atom stereocenters. The van der Waals surface area contributed by atoms with Crippen LogP contribution in [0.3, 0.4) is 0 Å². The third kappa shape index (κ3) is 1.52. The molecule has 6 heteroatoms. The lowest BCUT2D eigenvalue weighted by molar-refractivity contribution is 0.547. The van der Waals surface area contributed by atoms with E-state index < -0.39 is 0 Å². The fourth-order valence-corrected chi connectivity index (χ4v) is 1.29. The van der Waals surface area contributed by atoms with Gasteiger partial charge in [-0.2, -0.15) is 15.0 Å². The van der Waals surface area contributed by atoms with E-state index in [-0.39, 0.29) is 6.04 Å². The Kier molecular flexibility index (Phi) is 2.30. The maximum atomic E-state index is 5.44. The van der Waals surface area contributed by atoms with Gasteiger partial charge in [0, 0.05) is 12.6 Å². The van der Waals surface area contributed by atoms with Crippen molar-refractivity contribution in [2.24, 2.45) is 12.9 Å². The van der Waals surface area contributed by atoms with Crippen molar-refractivity contribution in [3.05, 3.63) is 36.0 Å². The van der Waals surface area contributed by atoms with Crippen LogP contribution in [0.2, 0.25) is 0 Å². The van der Waals surface area contributed by atoms with Gasteiger partial charge in [0.1, 0.15) is 5.69 Å². The average molecular weight is 193 g/mol. The zero-order valence-electron chi connectivity index (χ0n) is 7.71. The molecule has 3 N–H and O–H groups in total. The molecule has 0 aliphatic heterocycles. The van der Waals surface area contributed by atoms with Crippen molar-refractivity contribution in [1.29, 1.82) is 0 Å². The third-order valence-electron chi connectivity index (χ3n) is 1.96. The Morgan fingerprint density at radius 1 is 1.64 bits per heavy atom. The topological polar surface area (TPSA) is 81.9 Å². The molecule has 0 saturated heterocycles. The Balaban J connectivity index is 2.31. The Morgan fingerprint density at radius 2 is 2.50 bits per heavy atom. The van der Waals surface area contributed by atoms with Gasteiger partial charge in [0.05, 0.1) is 24.8 Å². The summed E-state index contributed by atoms with van der Waals surface area (Å²) in [4.78, 5) is 1.49. The van der Waals surface area contributed by atoms with Crippen LogP contribution >= 0.6 is 0 Å². The number of nitrogens with two attached hydrogens (primary N) is 1. The van der Waals surface area contributed by atoms with Gasteiger partial charge >= 0.3 is 0 Å². The van der Waals surface area contributed by atoms with Gasteiger partial charge in [0.25, 0.3) is 0 Å². The second-order valence-electron chi connectivity index (χ2n) is 2.92. The van der Waals surface area contributed by atoms with E-state index in [2.05, 4.69) is 15.6 Å². The van der Waals surface area contributed by atoms with Crippen LogP contribution in [0.25, 0.3) is 0 Å². The molecule has 1 atom stereocenters. The largest absolute Gasteiger partial charge is 0.472 e. The highest BCUT2D eigenvalue weighted by molar-refractivity contribution is 5.21. The van der Waals surface area contributed by atoms with Gasteiger partial charge in [0.15, 0.2) is 0 Å². The Bertz CT molecular complexity index is 394. The summed E-state index contributed by atoms with van der Waals surface area (Å²) in [5.74, 6) is 5.44. The monoisotopic (exact) mass is 193 g/mol. The fourth-order valence-electron chi connectivity index (χ4n) is 1.29. The van der Waals surface area contributed by atoms with Gasteiger partial charge in [0.2, 0.25) is 0 Å². The molecule has 0 aliphatic carbocycles. The number of nitrogens with zero attached hydrogens (tertiary/aromatic N) is 3. The minimum absolute atomic E-state index is 0.178. The molecule has 74 valence electrons. The highest BCUT2D eigenvalue weighted by Gasteiger charge is 2.16. The lowest BCUT2D eigenvalue weighted by atomic mass is 10.1. The van der Waals surface area contributed by atoms with Gasteiger partial charge in [-0.25, -0.2) is 5.43 Å². The first-order valence-electron chi connectivity index (χ1n) is 4.15. The highest BCUT2D eigenvalue weighted by Crippen LogP contribution is 2.18. The number of hydrazine groups is 1. The van der Waals surface area contributed by atoms with Crippen molar-refractivity contribution < 1.29 is 4.42 Å².